The van der Waals surface area contributed by atoms with Crippen LogP contribution in [0.15, 0.2) is 64.2 Å². The fraction of sp³-hybridized carbons (Fsp3) is 0.217. The molecule has 4 rings (SSSR count). The Morgan fingerprint density at radius 2 is 2.00 bits per heavy atom. The van der Waals surface area contributed by atoms with E-state index in [1.54, 1.807) is 23.8 Å². The average Bonchev–Trinajstić information content (AvgIpc) is 3.37. The summed E-state index contributed by atoms with van der Waals surface area (Å²) in [5, 5.41) is 3.77. The molecule has 0 atom stereocenters. The van der Waals surface area contributed by atoms with Gasteiger partial charge in [0.25, 0.3) is 5.91 Å². The predicted molar refractivity (Wildman–Crippen MR) is 114 cm³/mol. The molecule has 0 bridgehead atoms. The highest BCUT2D eigenvalue weighted by atomic mass is 32.1. The molecule has 142 valence electrons. The van der Waals surface area contributed by atoms with Crippen molar-refractivity contribution in [2.75, 3.05) is 0 Å². The minimum atomic E-state index is -0.0741. The van der Waals surface area contributed by atoms with Gasteiger partial charge in [-0.3, -0.25) is 4.79 Å². The van der Waals surface area contributed by atoms with Crippen molar-refractivity contribution >= 4 is 34.5 Å². The number of nitrogens with one attached hydrogen (secondary N) is 1. The number of nitrogens with zero attached hydrogens (tertiary/aromatic N) is 1. The van der Waals surface area contributed by atoms with Gasteiger partial charge in [-0.2, -0.15) is 0 Å². The van der Waals surface area contributed by atoms with Crippen LogP contribution in [-0.4, -0.2) is 12.1 Å². The van der Waals surface area contributed by atoms with E-state index < -0.39 is 0 Å². The van der Waals surface area contributed by atoms with E-state index in [2.05, 4.69) is 10.3 Å². The summed E-state index contributed by atoms with van der Waals surface area (Å²) < 4.78 is 5.31. The van der Waals surface area contributed by atoms with Gasteiger partial charge in [0.15, 0.2) is 0 Å². The minimum Gasteiger partial charge on any atom is -0.467 e. The van der Waals surface area contributed by atoms with Crippen molar-refractivity contribution in [1.82, 2.24) is 5.32 Å². The molecule has 0 saturated heterocycles. The summed E-state index contributed by atoms with van der Waals surface area (Å²) in [7, 11) is 0. The van der Waals surface area contributed by atoms with Gasteiger partial charge in [0.05, 0.1) is 18.4 Å². The van der Waals surface area contributed by atoms with Crippen molar-refractivity contribution in [2.24, 2.45) is 4.99 Å². The maximum atomic E-state index is 12.9. The van der Waals surface area contributed by atoms with Crippen LogP contribution >= 0.6 is 11.3 Å². The Balaban J connectivity index is 1.54. The topological polar surface area (TPSA) is 54.6 Å². The Kier molecular flexibility index (Phi) is 5.83. The highest BCUT2D eigenvalue weighted by molar-refractivity contribution is 7.16. The predicted octanol–water partition coefficient (Wildman–Crippen LogP) is 5.57. The largest absolute Gasteiger partial charge is 0.467 e. The maximum absolute atomic E-state index is 12.9. The lowest BCUT2D eigenvalue weighted by Crippen LogP contribution is -2.23. The number of amides is 1. The summed E-state index contributed by atoms with van der Waals surface area (Å²) in [4.78, 5) is 18.8. The van der Waals surface area contributed by atoms with E-state index in [-0.39, 0.29) is 5.91 Å². The van der Waals surface area contributed by atoms with Crippen molar-refractivity contribution in [3.05, 3.63) is 82.1 Å². The second-order valence-corrected chi connectivity index (χ2v) is 7.78. The number of rotatable bonds is 6. The third-order valence-corrected chi connectivity index (χ3v) is 5.95. The number of benzene rings is 1. The number of aliphatic imine (C=N–C) groups is 1. The van der Waals surface area contributed by atoms with Gasteiger partial charge in [0.2, 0.25) is 0 Å². The first kappa shape index (κ1) is 18.4. The standard InChI is InChI=1S/C23H22N2O2S/c26-22(25-16-18-11-7-15-27-18)21-19-12-4-5-13-20(19)28-23(21)24-14-6-10-17-8-2-1-3-9-17/h1-3,6-11,14-15H,4-5,12-13,16H2,(H,25,26)/b10-6+,24-14?. The molecule has 28 heavy (non-hydrogen) atoms. The number of thiophene rings is 1. The summed E-state index contributed by atoms with van der Waals surface area (Å²) in [6, 6.07) is 13.8. The van der Waals surface area contributed by atoms with Crippen LogP contribution in [0.3, 0.4) is 0 Å². The lowest BCUT2D eigenvalue weighted by atomic mass is 9.95. The number of aryl methyl sites for hydroxylation is 1. The monoisotopic (exact) mass is 390 g/mol. The molecule has 2 heterocycles. The van der Waals surface area contributed by atoms with Gasteiger partial charge in [-0.1, -0.05) is 36.4 Å². The lowest BCUT2D eigenvalue weighted by molar-refractivity contribution is 0.0948. The Morgan fingerprint density at radius 1 is 1.14 bits per heavy atom. The molecule has 5 heteroatoms. The van der Waals surface area contributed by atoms with E-state index in [1.165, 1.54) is 16.9 Å². The van der Waals surface area contributed by atoms with Crippen LogP contribution in [0, 0.1) is 0 Å². The molecule has 0 aliphatic heterocycles. The van der Waals surface area contributed by atoms with Crippen LogP contribution in [0.5, 0.6) is 0 Å². The second-order valence-electron chi connectivity index (χ2n) is 6.70. The van der Waals surface area contributed by atoms with Gasteiger partial charge in [-0.05, 0) is 55.0 Å². The molecule has 1 N–H and O–H groups in total. The van der Waals surface area contributed by atoms with E-state index in [1.807, 2.05) is 54.6 Å². The van der Waals surface area contributed by atoms with Crippen molar-refractivity contribution < 1.29 is 9.21 Å². The SMILES string of the molecule is O=C(NCc1ccco1)c1c(N=C/C=C/c2ccccc2)sc2c1CCCC2. The summed E-state index contributed by atoms with van der Waals surface area (Å²) in [5.74, 6) is 0.670. The molecular weight excluding hydrogens is 368 g/mol. The van der Waals surface area contributed by atoms with Gasteiger partial charge < -0.3 is 9.73 Å². The quantitative estimate of drug-likeness (QED) is 0.560. The van der Waals surface area contributed by atoms with Gasteiger partial charge in [0.1, 0.15) is 10.8 Å². The molecule has 2 aromatic heterocycles. The zero-order valence-electron chi connectivity index (χ0n) is 15.6. The van der Waals surface area contributed by atoms with E-state index in [9.17, 15) is 4.79 Å². The first-order chi connectivity index (χ1) is 13.8. The summed E-state index contributed by atoms with van der Waals surface area (Å²) in [6.45, 7) is 0.382. The molecular formula is C23H22N2O2S. The molecule has 4 nitrogen and oxygen atoms in total. The Bertz CT molecular complexity index is 985. The summed E-state index contributed by atoms with van der Waals surface area (Å²) >= 11 is 1.64. The fourth-order valence-electron chi connectivity index (χ4n) is 3.37. The van der Waals surface area contributed by atoms with E-state index in [4.69, 9.17) is 4.42 Å². The van der Waals surface area contributed by atoms with Crippen LogP contribution in [0.25, 0.3) is 6.08 Å². The molecule has 1 aliphatic carbocycles. The highest BCUT2D eigenvalue weighted by Gasteiger charge is 2.25. The van der Waals surface area contributed by atoms with Crippen molar-refractivity contribution in [3.8, 4) is 0 Å². The normalized spacial score (nSPS) is 13.9. The van der Waals surface area contributed by atoms with Crippen LogP contribution < -0.4 is 5.32 Å². The number of hydrogen-bond donors (Lipinski definition) is 1. The second kappa shape index (κ2) is 8.85. The van der Waals surface area contributed by atoms with Crippen LogP contribution in [0.2, 0.25) is 0 Å². The number of allylic oxidation sites excluding steroid dienone is 1. The van der Waals surface area contributed by atoms with E-state index in [0.29, 0.717) is 6.54 Å². The first-order valence-corrected chi connectivity index (χ1v) is 10.3. The third kappa shape index (κ3) is 4.31. The molecule has 1 amide bonds. The molecule has 1 aromatic carbocycles. The first-order valence-electron chi connectivity index (χ1n) is 9.52. The van der Waals surface area contributed by atoms with Crippen molar-refractivity contribution in [2.45, 2.75) is 32.2 Å². The molecule has 0 saturated carbocycles. The van der Waals surface area contributed by atoms with E-state index >= 15 is 0 Å². The zero-order valence-corrected chi connectivity index (χ0v) is 16.4. The van der Waals surface area contributed by atoms with Crippen molar-refractivity contribution in [3.63, 3.8) is 0 Å². The molecule has 0 spiro atoms. The van der Waals surface area contributed by atoms with Crippen LogP contribution in [-0.2, 0) is 19.4 Å². The lowest BCUT2D eigenvalue weighted by Gasteiger charge is -2.12. The summed E-state index contributed by atoms with van der Waals surface area (Å²) in [5.41, 5.74) is 3.03. The Morgan fingerprint density at radius 3 is 2.82 bits per heavy atom. The van der Waals surface area contributed by atoms with E-state index in [0.717, 1.165) is 41.2 Å². The smallest absolute Gasteiger partial charge is 0.255 e. The highest BCUT2D eigenvalue weighted by Crippen LogP contribution is 2.39. The van der Waals surface area contributed by atoms with Gasteiger partial charge >= 0.3 is 0 Å². The van der Waals surface area contributed by atoms with Crippen LogP contribution in [0.4, 0.5) is 5.00 Å². The molecule has 0 radical (unpaired) electrons. The number of carbonyl (C=O) groups excluding carboxylic acids is 1. The average molecular weight is 391 g/mol. The van der Waals surface area contributed by atoms with Gasteiger partial charge in [-0.25, -0.2) is 4.99 Å². The maximum Gasteiger partial charge on any atom is 0.255 e. The molecule has 0 fully saturated rings. The Labute approximate surface area is 168 Å². The van der Waals surface area contributed by atoms with Crippen molar-refractivity contribution in [1.29, 1.82) is 0 Å². The van der Waals surface area contributed by atoms with Crippen LogP contribution in [0.1, 0.15) is 45.0 Å². The molecule has 1 aliphatic rings. The number of fused-ring (bicyclic) bond motifs is 1. The minimum absolute atomic E-state index is 0.0741. The zero-order chi connectivity index (χ0) is 19.2. The van der Waals surface area contributed by atoms with Gasteiger partial charge in [-0.15, -0.1) is 11.3 Å². The Hall–Kier alpha value is -2.92. The number of furan rings is 1. The number of carbonyl (C=O) groups is 1. The van der Waals surface area contributed by atoms with Gasteiger partial charge in [0, 0.05) is 11.1 Å². The third-order valence-electron chi connectivity index (χ3n) is 4.75. The summed E-state index contributed by atoms with van der Waals surface area (Å²) in [6.07, 6.45) is 11.6. The molecule has 0 unspecified atom stereocenters. The fourth-order valence-corrected chi connectivity index (χ4v) is 4.61. The number of hydrogen-bond acceptors (Lipinski definition) is 4. The molecule has 3 aromatic rings.